The molecule has 1 saturated heterocycles. The van der Waals surface area contributed by atoms with Gasteiger partial charge in [0, 0.05) is 22.5 Å². The van der Waals surface area contributed by atoms with Crippen LogP contribution in [0.4, 0.5) is 0 Å². The molecule has 1 aliphatic rings. The molecule has 2 heterocycles. The van der Waals surface area contributed by atoms with Gasteiger partial charge >= 0.3 is 0 Å². The minimum atomic E-state index is -1.41. The number of rotatable bonds is 5. The first kappa shape index (κ1) is 19.7. The number of benzene rings is 1. The van der Waals surface area contributed by atoms with Crippen LogP contribution in [0.2, 0.25) is 5.02 Å². The van der Waals surface area contributed by atoms with Crippen molar-refractivity contribution in [1.82, 2.24) is 4.98 Å². The van der Waals surface area contributed by atoms with E-state index in [1.807, 2.05) is 12.3 Å². The van der Waals surface area contributed by atoms with Crippen LogP contribution < -0.4 is 0 Å². The lowest BCUT2D eigenvalue weighted by molar-refractivity contribution is -0.231. The highest BCUT2D eigenvalue weighted by Crippen LogP contribution is 2.34. The molecule has 3 rings (SSSR count). The van der Waals surface area contributed by atoms with Gasteiger partial charge in [-0.15, -0.1) is 11.3 Å². The number of aliphatic hydroxyl groups excluding tert-OH is 4. The second kappa shape index (κ2) is 8.31. The fraction of sp³-hybridized carbons (Fsp3) is 0.500. The van der Waals surface area contributed by atoms with Crippen molar-refractivity contribution in [1.29, 1.82) is 0 Å². The molecule has 1 fully saturated rings. The van der Waals surface area contributed by atoms with Gasteiger partial charge in [-0.25, -0.2) is 4.98 Å². The predicted octanol–water partition coefficient (Wildman–Crippen LogP) is 1.46. The molecule has 142 valence electrons. The Morgan fingerprint density at radius 2 is 1.96 bits per heavy atom. The van der Waals surface area contributed by atoms with Crippen LogP contribution in [0.3, 0.4) is 0 Å². The molecule has 26 heavy (non-hydrogen) atoms. The second-order valence-electron chi connectivity index (χ2n) is 6.35. The number of ether oxygens (including phenoxy) is 1. The lowest BCUT2D eigenvalue weighted by atomic mass is 9.90. The van der Waals surface area contributed by atoms with Crippen molar-refractivity contribution in [2.45, 2.75) is 50.3 Å². The Hall–Kier alpha value is -1.06. The first-order valence-corrected chi connectivity index (χ1v) is 9.66. The molecule has 6 nitrogen and oxygen atoms in total. The molecule has 0 saturated carbocycles. The molecular formula is C18H22ClNO5S. The van der Waals surface area contributed by atoms with E-state index in [0.29, 0.717) is 17.0 Å². The number of nitrogens with zero attached hydrogens (tertiary/aromatic N) is 1. The molecule has 0 spiro atoms. The molecule has 2 aromatic rings. The van der Waals surface area contributed by atoms with Crippen LogP contribution in [0.1, 0.15) is 34.0 Å². The summed E-state index contributed by atoms with van der Waals surface area (Å²) in [5, 5.41) is 41.1. The summed E-state index contributed by atoms with van der Waals surface area (Å²) in [7, 11) is 0. The van der Waals surface area contributed by atoms with Crippen LogP contribution in [0.25, 0.3) is 0 Å². The van der Waals surface area contributed by atoms with Gasteiger partial charge in [0.25, 0.3) is 0 Å². The summed E-state index contributed by atoms with van der Waals surface area (Å²) in [4.78, 5) is 5.60. The smallest absolute Gasteiger partial charge is 0.113 e. The van der Waals surface area contributed by atoms with Crippen molar-refractivity contribution in [2.24, 2.45) is 0 Å². The lowest BCUT2D eigenvalue weighted by Crippen LogP contribution is -2.55. The van der Waals surface area contributed by atoms with Crippen LogP contribution in [0, 0.1) is 0 Å². The third-order valence-corrected chi connectivity index (χ3v) is 6.09. The first-order chi connectivity index (χ1) is 12.4. The molecule has 4 N–H and O–H groups in total. The van der Waals surface area contributed by atoms with Crippen molar-refractivity contribution in [3.05, 3.63) is 50.4 Å². The van der Waals surface area contributed by atoms with Gasteiger partial charge < -0.3 is 25.2 Å². The average molecular weight is 400 g/mol. The summed E-state index contributed by atoms with van der Waals surface area (Å²) in [6.45, 7) is 1.62. The van der Waals surface area contributed by atoms with E-state index in [-0.39, 0.29) is 0 Å². The fourth-order valence-electron chi connectivity index (χ4n) is 3.04. The van der Waals surface area contributed by atoms with E-state index in [0.717, 1.165) is 17.0 Å². The maximum atomic E-state index is 10.3. The fourth-order valence-corrected chi connectivity index (χ4v) is 4.11. The molecular weight excluding hydrogens is 378 g/mol. The minimum Gasteiger partial charge on any atom is -0.394 e. The molecule has 0 unspecified atom stereocenters. The van der Waals surface area contributed by atoms with Gasteiger partial charge in [-0.05, 0) is 23.6 Å². The molecule has 1 aromatic carbocycles. The van der Waals surface area contributed by atoms with Gasteiger partial charge in [-0.3, -0.25) is 0 Å². The van der Waals surface area contributed by atoms with Crippen LogP contribution in [-0.2, 0) is 17.6 Å². The zero-order valence-electron chi connectivity index (χ0n) is 14.2. The summed E-state index contributed by atoms with van der Waals surface area (Å²) in [5.41, 5.74) is 1.45. The number of aliphatic hydroxyl groups is 4. The Bertz CT molecular complexity index is 753. The van der Waals surface area contributed by atoms with Gasteiger partial charge in [-0.2, -0.15) is 0 Å². The Kier molecular flexibility index (Phi) is 6.29. The van der Waals surface area contributed by atoms with E-state index in [9.17, 15) is 20.4 Å². The van der Waals surface area contributed by atoms with Crippen molar-refractivity contribution >= 4 is 22.9 Å². The zero-order valence-corrected chi connectivity index (χ0v) is 15.8. The maximum absolute atomic E-state index is 10.3. The second-order valence-corrected chi connectivity index (χ2v) is 7.96. The lowest BCUT2D eigenvalue weighted by Gasteiger charge is -2.40. The monoisotopic (exact) mass is 399 g/mol. The minimum absolute atomic E-state index is 0.458. The summed E-state index contributed by atoms with van der Waals surface area (Å²) in [6, 6.07) is 5.22. The number of aryl methyl sites for hydroxylation is 1. The van der Waals surface area contributed by atoms with Crippen molar-refractivity contribution in [2.75, 3.05) is 6.61 Å². The van der Waals surface area contributed by atoms with E-state index < -0.39 is 37.1 Å². The normalized spacial score (nSPS) is 29.1. The molecule has 8 heteroatoms. The average Bonchev–Trinajstić information content (AvgIpc) is 3.10. The van der Waals surface area contributed by atoms with Gasteiger partial charge in [0.2, 0.25) is 0 Å². The highest BCUT2D eigenvalue weighted by molar-refractivity contribution is 7.11. The third-order valence-electron chi connectivity index (χ3n) is 4.58. The van der Waals surface area contributed by atoms with Crippen LogP contribution >= 0.6 is 22.9 Å². The number of thiazole rings is 1. The van der Waals surface area contributed by atoms with Crippen molar-refractivity contribution in [3.63, 3.8) is 0 Å². The van der Waals surface area contributed by atoms with E-state index in [1.54, 1.807) is 23.5 Å². The number of hydrogen-bond acceptors (Lipinski definition) is 7. The van der Waals surface area contributed by atoms with E-state index in [1.165, 1.54) is 4.88 Å². The largest absolute Gasteiger partial charge is 0.394 e. The van der Waals surface area contributed by atoms with Crippen LogP contribution in [0.5, 0.6) is 0 Å². The summed E-state index contributed by atoms with van der Waals surface area (Å²) >= 11 is 7.94. The van der Waals surface area contributed by atoms with Crippen molar-refractivity contribution < 1.29 is 25.2 Å². The highest BCUT2D eigenvalue weighted by Gasteiger charge is 2.44. The van der Waals surface area contributed by atoms with E-state index in [2.05, 4.69) is 11.9 Å². The predicted molar refractivity (Wildman–Crippen MR) is 98.5 cm³/mol. The Balaban J connectivity index is 1.86. The summed E-state index contributed by atoms with van der Waals surface area (Å²) in [6.07, 6.45) is -2.57. The van der Waals surface area contributed by atoms with Gasteiger partial charge in [0.1, 0.15) is 30.5 Å². The standard InChI is InChI=1S/C18H22ClNO5S/c1-2-11-7-20-14(26-11)6-10-5-9(3-4-12(10)19)18-17(24)16(23)15(22)13(8-21)25-18/h3-5,7,13,15-18,21-24H,2,6,8H2,1H3/t13-,15-,16+,17-,18+/m1/s1. The van der Waals surface area contributed by atoms with Gasteiger partial charge in [-0.1, -0.05) is 30.7 Å². The van der Waals surface area contributed by atoms with Crippen LogP contribution in [-0.4, -0.2) is 56.4 Å². The Morgan fingerprint density at radius 1 is 1.19 bits per heavy atom. The molecule has 0 aliphatic carbocycles. The molecule has 0 radical (unpaired) electrons. The molecule has 1 aromatic heterocycles. The molecule has 5 atom stereocenters. The van der Waals surface area contributed by atoms with Gasteiger partial charge in [0.15, 0.2) is 0 Å². The molecule has 1 aliphatic heterocycles. The van der Waals surface area contributed by atoms with Crippen LogP contribution in [0.15, 0.2) is 24.4 Å². The zero-order chi connectivity index (χ0) is 18.8. The third kappa shape index (κ3) is 3.94. The molecule has 0 bridgehead atoms. The quantitative estimate of drug-likeness (QED) is 0.607. The summed E-state index contributed by atoms with van der Waals surface area (Å²) in [5.74, 6) is 0. The Labute approximate surface area is 160 Å². The topological polar surface area (TPSA) is 103 Å². The van der Waals surface area contributed by atoms with E-state index >= 15 is 0 Å². The number of aromatic nitrogens is 1. The summed E-state index contributed by atoms with van der Waals surface area (Å²) < 4.78 is 5.62. The highest BCUT2D eigenvalue weighted by atomic mass is 35.5. The SMILES string of the molecule is CCc1cnc(Cc2cc([C@@H]3O[C@H](CO)[C@@H](O)[C@H](O)[C@H]3O)ccc2Cl)s1. The molecule has 0 amide bonds. The van der Waals surface area contributed by atoms with Crippen molar-refractivity contribution in [3.8, 4) is 0 Å². The maximum Gasteiger partial charge on any atom is 0.113 e. The number of hydrogen-bond donors (Lipinski definition) is 4. The Morgan fingerprint density at radius 3 is 2.62 bits per heavy atom. The number of halogens is 1. The first-order valence-electron chi connectivity index (χ1n) is 8.47. The van der Waals surface area contributed by atoms with E-state index in [4.69, 9.17) is 16.3 Å². The van der Waals surface area contributed by atoms with Gasteiger partial charge in [0.05, 0.1) is 11.6 Å².